The summed E-state index contributed by atoms with van der Waals surface area (Å²) in [5.41, 5.74) is 9.58. The minimum absolute atomic E-state index is 0.0297. The molecule has 3 fully saturated rings. The summed E-state index contributed by atoms with van der Waals surface area (Å²) in [6.07, 6.45) is 4.13. The minimum atomic E-state index is -0.759. The Bertz CT molecular complexity index is 1580. The largest absolute Gasteiger partial charge is 0.465 e. The summed E-state index contributed by atoms with van der Waals surface area (Å²) in [7, 11) is 0. The van der Waals surface area contributed by atoms with Crippen LogP contribution < -0.4 is 16.4 Å². The monoisotopic (exact) mass is 844 g/mol. The first-order valence-electron chi connectivity index (χ1n) is 18.4. The van der Waals surface area contributed by atoms with E-state index in [1.165, 1.54) is 0 Å². The van der Waals surface area contributed by atoms with Crippen molar-refractivity contribution in [1.29, 1.82) is 0 Å². The summed E-state index contributed by atoms with van der Waals surface area (Å²) < 4.78 is 6.56. The van der Waals surface area contributed by atoms with E-state index in [0.29, 0.717) is 76.9 Å². The van der Waals surface area contributed by atoms with Crippen LogP contribution in [-0.2, 0) is 27.2 Å². The van der Waals surface area contributed by atoms with Crippen molar-refractivity contribution >= 4 is 67.2 Å². The van der Waals surface area contributed by atoms with Crippen molar-refractivity contribution in [2.24, 2.45) is 0 Å². The third-order valence-electron chi connectivity index (χ3n) is 10.9. The Morgan fingerprint density at radius 2 is 1.54 bits per heavy atom. The molecule has 0 bridgehead atoms. The molecule has 52 heavy (non-hydrogen) atoms. The number of hydrogen-bond acceptors (Lipinski definition) is 8. The molecule has 3 saturated heterocycles. The zero-order valence-corrected chi connectivity index (χ0v) is 33.0. The van der Waals surface area contributed by atoms with E-state index in [9.17, 15) is 19.2 Å². The fourth-order valence-corrected chi connectivity index (χ4v) is 9.18. The summed E-state index contributed by atoms with van der Waals surface area (Å²) in [5.74, 6) is -0.271. The number of urea groups is 2. The summed E-state index contributed by atoms with van der Waals surface area (Å²) >= 11 is 7.06. The third-order valence-corrected chi connectivity index (χ3v) is 12.2. The normalized spacial score (nSPS) is 20.1. The second-order valence-electron chi connectivity index (χ2n) is 14.1. The molecule has 4 aliphatic rings. The molecule has 2 aromatic rings. The SMILES string of the molecule is CCOC(=O)CN1CCN(C2CCN(C(=O)[C@H](Cc3cc(Br)c(N)c(Br)c3)NC(=O)N3CCC(N4CCc5ccccc5NC4=O)CC3)CC2)CC1. The van der Waals surface area contributed by atoms with E-state index in [1.54, 1.807) is 4.90 Å². The first kappa shape index (κ1) is 38.3. The number of piperidine rings is 2. The van der Waals surface area contributed by atoms with Crippen LogP contribution in [0.1, 0.15) is 43.7 Å². The average Bonchev–Trinajstić information content (AvgIpc) is 3.31. The van der Waals surface area contributed by atoms with Gasteiger partial charge in [0, 0.05) is 92.0 Å². The highest BCUT2D eigenvalue weighted by atomic mass is 79.9. The third kappa shape index (κ3) is 9.39. The Kier molecular flexibility index (Phi) is 13.0. The lowest BCUT2D eigenvalue weighted by Crippen LogP contribution is -2.58. The second-order valence-corrected chi connectivity index (χ2v) is 15.8. The quantitative estimate of drug-likeness (QED) is 0.253. The molecule has 0 aliphatic carbocycles. The highest BCUT2D eigenvalue weighted by molar-refractivity contribution is 9.11. The zero-order chi connectivity index (χ0) is 36.8. The summed E-state index contributed by atoms with van der Waals surface area (Å²) in [6, 6.07) is 11.0. The van der Waals surface area contributed by atoms with Crippen LogP contribution in [0.5, 0.6) is 0 Å². The number of esters is 1. The molecule has 2 aromatic carbocycles. The maximum atomic E-state index is 14.2. The van der Waals surface area contributed by atoms with E-state index in [4.69, 9.17) is 10.5 Å². The number of carbonyl (C=O) groups is 4. The smallest absolute Gasteiger partial charge is 0.322 e. The molecule has 282 valence electrons. The Labute approximate surface area is 322 Å². The van der Waals surface area contributed by atoms with Crippen LogP contribution in [0.3, 0.4) is 0 Å². The van der Waals surface area contributed by atoms with Crippen LogP contribution >= 0.6 is 31.9 Å². The van der Waals surface area contributed by atoms with Crippen LogP contribution in [0.25, 0.3) is 0 Å². The van der Waals surface area contributed by atoms with E-state index in [1.807, 2.05) is 53.1 Å². The van der Waals surface area contributed by atoms with Gasteiger partial charge in [-0.15, -0.1) is 0 Å². The van der Waals surface area contributed by atoms with E-state index in [-0.39, 0.29) is 30.0 Å². The van der Waals surface area contributed by atoms with Crippen molar-refractivity contribution in [3.63, 3.8) is 0 Å². The van der Waals surface area contributed by atoms with E-state index >= 15 is 0 Å². The summed E-state index contributed by atoms with van der Waals surface area (Å²) in [6.45, 7) is 8.77. The highest BCUT2D eigenvalue weighted by Crippen LogP contribution is 2.31. The number of benzene rings is 2. The van der Waals surface area contributed by atoms with Crippen molar-refractivity contribution in [3.8, 4) is 0 Å². The number of nitrogens with zero attached hydrogens (tertiary/aromatic N) is 5. The molecular formula is C37H50Br2N8O5. The number of ether oxygens (including phenoxy) is 1. The van der Waals surface area contributed by atoms with Crippen molar-refractivity contribution in [1.82, 2.24) is 29.8 Å². The zero-order valence-electron chi connectivity index (χ0n) is 29.8. The number of piperazine rings is 1. The van der Waals surface area contributed by atoms with Crippen molar-refractivity contribution in [2.75, 3.05) is 83.1 Å². The lowest BCUT2D eigenvalue weighted by atomic mass is 9.99. The van der Waals surface area contributed by atoms with Crippen LogP contribution in [-0.4, -0.2) is 139 Å². The number of hydrogen-bond donors (Lipinski definition) is 3. The average molecular weight is 847 g/mol. The summed E-state index contributed by atoms with van der Waals surface area (Å²) in [5, 5.41) is 6.16. The highest BCUT2D eigenvalue weighted by Gasteiger charge is 2.35. The van der Waals surface area contributed by atoms with Crippen LogP contribution in [0.2, 0.25) is 0 Å². The van der Waals surface area contributed by atoms with Gasteiger partial charge in [0.25, 0.3) is 0 Å². The minimum Gasteiger partial charge on any atom is -0.465 e. The lowest BCUT2D eigenvalue weighted by Gasteiger charge is -2.43. The molecule has 13 nitrogen and oxygen atoms in total. The molecule has 4 heterocycles. The van der Waals surface area contributed by atoms with Gasteiger partial charge < -0.3 is 35.8 Å². The molecule has 5 amide bonds. The second kappa shape index (κ2) is 17.6. The number of nitrogen functional groups attached to an aromatic ring is 1. The summed E-state index contributed by atoms with van der Waals surface area (Å²) in [4.78, 5) is 63.2. The molecular weight excluding hydrogens is 796 g/mol. The van der Waals surface area contributed by atoms with Gasteiger partial charge in [-0.1, -0.05) is 18.2 Å². The van der Waals surface area contributed by atoms with Gasteiger partial charge in [-0.25, -0.2) is 9.59 Å². The van der Waals surface area contributed by atoms with Gasteiger partial charge in [0.1, 0.15) is 6.04 Å². The van der Waals surface area contributed by atoms with Crippen LogP contribution in [0.15, 0.2) is 45.3 Å². The van der Waals surface area contributed by atoms with Gasteiger partial charge >= 0.3 is 18.0 Å². The maximum absolute atomic E-state index is 14.2. The molecule has 4 aliphatic heterocycles. The number of carbonyl (C=O) groups excluding carboxylic acids is 4. The first-order valence-corrected chi connectivity index (χ1v) is 20.0. The number of fused-ring (bicyclic) bond motifs is 1. The van der Waals surface area contributed by atoms with Crippen molar-refractivity contribution < 1.29 is 23.9 Å². The number of halogens is 2. The van der Waals surface area contributed by atoms with Gasteiger partial charge in [0.2, 0.25) is 5.91 Å². The number of amides is 5. The predicted octanol–water partition coefficient (Wildman–Crippen LogP) is 4.14. The van der Waals surface area contributed by atoms with E-state index in [2.05, 4.69) is 52.3 Å². The molecule has 4 N–H and O–H groups in total. The molecule has 0 spiro atoms. The lowest BCUT2D eigenvalue weighted by molar-refractivity contribution is -0.145. The van der Waals surface area contributed by atoms with Crippen molar-refractivity contribution in [3.05, 3.63) is 56.5 Å². The van der Waals surface area contributed by atoms with E-state index < -0.39 is 6.04 Å². The Morgan fingerprint density at radius 3 is 2.21 bits per heavy atom. The number of nitrogens with one attached hydrogen (secondary N) is 2. The number of anilines is 2. The Morgan fingerprint density at radius 1 is 0.904 bits per heavy atom. The molecule has 0 aromatic heterocycles. The number of rotatable bonds is 9. The fraction of sp³-hybridized carbons (Fsp3) is 0.568. The van der Waals surface area contributed by atoms with Crippen LogP contribution in [0.4, 0.5) is 21.0 Å². The van der Waals surface area contributed by atoms with Gasteiger partial charge in [-0.3, -0.25) is 19.4 Å². The van der Waals surface area contributed by atoms with Gasteiger partial charge in [0.05, 0.1) is 18.8 Å². The molecule has 0 unspecified atom stereocenters. The van der Waals surface area contributed by atoms with Gasteiger partial charge in [-0.2, -0.15) is 0 Å². The van der Waals surface area contributed by atoms with Gasteiger partial charge in [0.15, 0.2) is 0 Å². The van der Waals surface area contributed by atoms with Gasteiger partial charge in [-0.05, 0) is 100 Å². The standard InChI is InChI=1S/C37H50Br2N8O5/c1-2-52-33(48)24-43-17-19-44(20-18-43)27-8-12-45(13-9-27)35(49)32(23-25-21-29(38)34(40)30(39)22-25)42-36(50)46-14-10-28(11-15-46)47-16-7-26-5-3-4-6-31(26)41-37(47)51/h3-6,21-22,27-28,32H,2,7-20,23-24,40H2,1H3,(H,41,51)(H,42,50)/t32-/m0/s1. The van der Waals surface area contributed by atoms with E-state index in [0.717, 1.165) is 71.2 Å². The molecule has 15 heteroatoms. The van der Waals surface area contributed by atoms with Crippen LogP contribution in [0, 0.1) is 0 Å². The molecule has 6 rings (SSSR count). The predicted molar refractivity (Wildman–Crippen MR) is 207 cm³/mol. The molecule has 0 saturated carbocycles. The van der Waals surface area contributed by atoms with Crippen molar-refractivity contribution in [2.45, 2.75) is 63.6 Å². The number of nitrogens with two attached hydrogens (primary N) is 1. The molecule has 1 atom stereocenters. The maximum Gasteiger partial charge on any atom is 0.322 e. The topological polar surface area (TPSA) is 144 Å². The Hall–Kier alpha value is -3.40. The number of likely N-dealkylation sites (tertiary alicyclic amines) is 2. The first-order chi connectivity index (χ1) is 25.1. The fourth-order valence-electron chi connectivity index (χ4n) is 7.90. The number of para-hydroxylation sites is 1. The molecule has 0 radical (unpaired) electrons. The Balaban J connectivity index is 1.05.